The van der Waals surface area contributed by atoms with Crippen LogP contribution in [0.25, 0.3) is 0 Å². The first kappa shape index (κ1) is 9.84. The van der Waals surface area contributed by atoms with Crippen molar-refractivity contribution in [2.24, 2.45) is 0 Å². The van der Waals surface area contributed by atoms with Crippen LogP contribution < -0.4 is 0 Å². The molecule has 72 valence electrons. The largest absolute Gasteiger partial charge is 0.417 e. The van der Waals surface area contributed by atoms with Gasteiger partial charge in [-0.15, -0.1) is 0 Å². The molecule has 1 saturated carbocycles. The zero-order valence-electron chi connectivity index (χ0n) is 7.08. The zero-order valence-corrected chi connectivity index (χ0v) is 7.08. The average Bonchev–Trinajstić information content (AvgIpc) is 2.04. The average molecular weight is 182 g/mol. The monoisotopic (exact) mass is 182 g/mol. The van der Waals surface area contributed by atoms with Gasteiger partial charge in [-0.3, -0.25) is 0 Å². The van der Waals surface area contributed by atoms with Gasteiger partial charge in [0.05, 0.1) is 0 Å². The molecule has 1 aliphatic carbocycles. The third-order valence-electron chi connectivity index (χ3n) is 2.57. The molecule has 0 N–H and O–H groups in total. The number of ether oxygens (including phenoxy) is 1. The summed E-state index contributed by atoms with van der Waals surface area (Å²) in [6.07, 6.45) is -1.84. The van der Waals surface area contributed by atoms with E-state index in [0.29, 0.717) is 12.8 Å². The molecule has 0 atom stereocenters. The van der Waals surface area contributed by atoms with E-state index in [0.717, 1.165) is 13.5 Å². The second-order valence-corrected chi connectivity index (χ2v) is 3.26. The van der Waals surface area contributed by atoms with Crippen molar-refractivity contribution >= 4 is 0 Å². The first-order valence-corrected chi connectivity index (χ1v) is 4.14. The van der Waals surface area contributed by atoms with E-state index < -0.39 is 11.8 Å². The van der Waals surface area contributed by atoms with Gasteiger partial charge in [0.1, 0.15) is 0 Å². The highest BCUT2D eigenvalue weighted by molar-refractivity contribution is 4.90. The van der Waals surface area contributed by atoms with E-state index >= 15 is 0 Å². The van der Waals surface area contributed by atoms with Gasteiger partial charge in [-0.2, -0.15) is 13.2 Å². The second kappa shape index (κ2) is 3.24. The topological polar surface area (TPSA) is 9.23 Å². The van der Waals surface area contributed by atoms with E-state index in [2.05, 4.69) is 4.74 Å². The normalized spacial score (nSPS) is 24.0. The predicted molar refractivity (Wildman–Crippen MR) is 38.9 cm³/mol. The zero-order chi connectivity index (χ0) is 9.24. The lowest BCUT2D eigenvalue weighted by atomic mass is 9.84. The van der Waals surface area contributed by atoms with Gasteiger partial charge in [-0.1, -0.05) is 19.3 Å². The van der Waals surface area contributed by atoms with Crippen molar-refractivity contribution in [2.45, 2.75) is 43.9 Å². The molecule has 0 aromatic carbocycles. The first-order valence-electron chi connectivity index (χ1n) is 4.14. The molecule has 0 amide bonds. The number of halogens is 3. The summed E-state index contributed by atoms with van der Waals surface area (Å²) in [5.41, 5.74) is -1.84. The molecule has 0 aromatic heterocycles. The van der Waals surface area contributed by atoms with E-state index in [1.165, 1.54) is 0 Å². The number of methoxy groups -OCH3 is 1. The Morgan fingerprint density at radius 1 is 1.08 bits per heavy atom. The predicted octanol–water partition coefficient (Wildman–Crippen LogP) is 2.90. The summed E-state index contributed by atoms with van der Waals surface area (Å²) in [6.45, 7) is 0. The van der Waals surface area contributed by atoms with Crippen LogP contribution in [-0.2, 0) is 4.74 Å². The van der Waals surface area contributed by atoms with Crippen molar-refractivity contribution in [3.63, 3.8) is 0 Å². The highest BCUT2D eigenvalue weighted by Gasteiger charge is 2.55. The van der Waals surface area contributed by atoms with Gasteiger partial charge in [0.15, 0.2) is 5.60 Å². The molecule has 0 aromatic rings. The first-order chi connectivity index (χ1) is 5.52. The van der Waals surface area contributed by atoms with Crippen molar-refractivity contribution in [3.8, 4) is 0 Å². The Balaban J connectivity index is 2.73. The van der Waals surface area contributed by atoms with E-state index in [4.69, 9.17) is 0 Å². The number of alkyl halides is 3. The van der Waals surface area contributed by atoms with Crippen molar-refractivity contribution in [3.05, 3.63) is 0 Å². The summed E-state index contributed by atoms with van der Waals surface area (Å²) in [7, 11) is 1.15. The SMILES string of the molecule is COC1(C(F)(F)F)CCCCC1. The van der Waals surface area contributed by atoms with Crippen LogP contribution in [0.2, 0.25) is 0 Å². The van der Waals surface area contributed by atoms with Crippen LogP contribution in [0.4, 0.5) is 13.2 Å². The van der Waals surface area contributed by atoms with Gasteiger partial charge < -0.3 is 4.74 Å². The highest BCUT2D eigenvalue weighted by Crippen LogP contribution is 2.43. The molecule has 1 aliphatic rings. The lowest BCUT2D eigenvalue weighted by Gasteiger charge is -2.37. The molecule has 1 fully saturated rings. The molecule has 1 nitrogen and oxygen atoms in total. The van der Waals surface area contributed by atoms with E-state index in [-0.39, 0.29) is 12.8 Å². The molecule has 1 rings (SSSR count). The molecule has 0 saturated heterocycles. The molecule has 0 radical (unpaired) electrons. The standard InChI is InChI=1S/C8H13F3O/c1-12-7(8(9,10)11)5-3-2-4-6-7/h2-6H2,1H3. The van der Waals surface area contributed by atoms with Crippen LogP contribution in [0.5, 0.6) is 0 Å². The molecule has 0 bridgehead atoms. The summed E-state index contributed by atoms with van der Waals surface area (Å²) < 4.78 is 42.0. The van der Waals surface area contributed by atoms with Crippen LogP contribution in [0.3, 0.4) is 0 Å². The van der Waals surface area contributed by atoms with Crippen LogP contribution in [0.1, 0.15) is 32.1 Å². The van der Waals surface area contributed by atoms with Crippen molar-refractivity contribution in [1.29, 1.82) is 0 Å². The molecular weight excluding hydrogens is 169 g/mol. The van der Waals surface area contributed by atoms with Crippen LogP contribution in [-0.4, -0.2) is 18.9 Å². The van der Waals surface area contributed by atoms with Crippen molar-refractivity contribution in [2.75, 3.05) is 7.11 Å². The molecule has 4 heteroatoms. The Morgan fingerprint density at radius 3 is 1.83 bits per heavy atom. The molecule has 12 heavy (non-hydrogen) atoms. The number of hydrogen-bond acceptors (Lipinski definition) is 1. The highest BCUT2D eigenvalue weighted by atomic mass is 19.4. The van der Waals surface area contributed by atoms with Crippen LogP contribution in [0, 0.1) is 0 Å². The minimum absolute atomic E-state index is 0.118. The lowest BCUT2D eigenvalue weighted by Crippen LogP contribution is -2.48. The van der Waals surface area contributed by atoms with Crippen molar-refractivity contribution in [1.82, 2.24) is 0 Å². The maximum absolute atomic E-state index is 12.5. The van der Waals surface area contributed by atoms with Gasteiger partial charge in [-0.05, 0) is 12.8 Å². The van der Waals surface area contributed by atoms with Crippen LogP contribution in [0.15, 0.2) is 0 Å². The fourth-order valence-electron chi connectivity index (χ4n) is 1.73. The Kier molecular flexibility index (Phi) is 2.66. The number of hydrogen-bond donors (Lipinski definition) is 0. The van der Waals surface area contributed by atoms with E-state index in [1.54, 1.807) is 0 Å². The maximum Gasteiger partial charge on any atom is 0.417 e. The molecule has 0 spiro atoms. The Hall–Kier alpha value is -0.250. The summed E-state index contributed by atoms with van der Waals surface area (Å²) in [4.78, 5) is 0. The van der Waals surface area contributed by atoms with Crippen molar-refractivity contribution < 1.29 is 17.9 Å². The van der Waals surface area contributed by atoms with E-state index in [9.17, 15) is 13.2 Å². The number of rotatable bonds is 1. The summed E-state index contributed by atoms with van der Waals surface area (Å²) in [6, 6.07) is 0. The lowest BCUT2D eigenvalue weighted by molar-refractivity contribution is -0.279. The smallest absolute Gasteiger partial charge is 0.369 e. The van der Waals surface area contributed by atoms with Crippen LogP contribution >= 0.6 is 0 Å². The van der Waals surface area contributed by atoms with Gasteiger partial charge in [0.2, 0.25) is 0 Å². The summed E-state index contributed by atoms with van der Waals surface area (Å²) >= 11 is 0. The van der Waals surface area contributed by atoms with E-state index in [1.807, 2.05) is 0 Å². The third kappa shape index (κ3) is 1.58. The van der Waals surface area contributed by atoms with Gasteiger partial charge in [0.25, 0.3) is 0 Å². The minimum Gasteiger partial charge on any atom is -0.369 e. The minimum atomic E-state index is -4.21. The molecule has 0 heterocycles. The molecular formula is C8H13F3O. The Bertz CT molecular complexity index is 147. The Morgan fingerprint density at radius 2 is 1.58 bits per heavy atom. The summed E-state index contributed by atoms with van der Waals surface area (Å²) in [5.74, 6) is 0. The maximum atomic E-state index is 12.5. The summed E-state index contributed by atoms with van der Waals surface area (Å²) in [5, 5.41) is 0. The molecule has 0 aliphatic heterocycles. The fraction of sp³-hybridized carbons (Fsp3) is 1.00. The quantitative estimate of drug-likeness (QED) is 0.605. The Labute approximate surface area is 69.9 Å². The fourth-order valence-corrected chi connectivity index (χ4v) is 1.73. The second-order valence-electron chi connectivity index (χ2n) is 3.26. The van der Waals surface area contributed by atoms with Gasteiger partial charge in [0, 0.05) is 7.11 Å². The van der Waals surface area contributed by atoms with Gasteiger partial charge >= 0.3 is 6.18 Å². The van der Waals surface area contributed by atoms with Gasteiger partial charge in [-0.25, -0.2) is 0 Å². The third-order valence-corrected chi connectivity index (χ3v) is 2.57. The molecule has 0 unspecified atom stereocenters.